The van der Waals surface area contributed by atoms with Crippen molar-refractivity contribution in [1.82, 2.24) is 5.32 Å². The summed E-state index contributed by atoms with van der Waals surface area (Å²) in [6.07, 6.45) is -5.62. The summed E-state index contributed by atoms with van der Waals surface area (Å²) in [4.78, 5) is 12.0. The predicted octanol–water partition coefficient (Wildman–Crippen LogP) is 2.14. The second kappa shape index (κ2) is 5.07. The SMILES string of the molecule is O=C(c1ccccc1)[C@@H]1C[C@H](OC(F)(F)F)CN1. The molecule has 1 aromatic rings. The normalized spacial score (nSPS) is 24.2. The lowest BCUT2D eigenvalue weighted by atomic mass is 10.0. The molecule has 1 heterocycles. The summed E-state index contributed by atoms with van der Waals surface area (Å²) in [7, 11) is 0. The molecule has 0 spiro atoms. The van der Waals surface area contributed by atoms with Gasteiger partial charge in [0.1, 0.15) is 0 Å². The highest BCUT2D eigenvalue weighted by molar-refractivity contribution is 6.00. The first-order chi connectivity index (χ1) is 8.46. The average molecular weight is 259 g/mol. The maximum atomic E-state index is 12.0. The first-order valence-corrected chi connectivity index (χ1v) is 5.53. The molecule has 1 fully saturated rings. The molecule has 3 nitrogen and oxygen atoms in total. The minimum Gasteiger partial charge on any atom is -0.304 e. The Balaban J connectivity index is 1.95. The number of ketones is 1. The largest absolute Gasteiger partial charge is 0.522 e. The molecule has 0 bridgehead atoms. The molecule has 2 rings (SSSR count). The van der Waals surface area contributed by atoms with Crippen LogP contribution in [0.25, 0.3) is 0 Å². The highest BCUT2D eigenvalue weighted by Crippen LogP contribution is 2.24. The van der Waals surface area contributed by atoms with Gasteiger partial charge in [-0.2, -0.15) is 0 Å². The zero-order valence-electron chi connectivity index (χ0n) is 9.41. The van der Waals surface area contributed by atoms with Gasteiger partial charge in [-0.05, 0) is 6.42 Å². The number of halogens is 3. The van der Waals surface area contributed by atoms with E-state index in [-0.39, 0.29) is 18.7 Å². The fourth-order valence-corrected chi connectivity index (χ4v) is 1.99. The summed E-state index contributed by atoms with van der Waals surface area (Å²) in [5.41, 5.74) is 0.489. The third kappa shape index (κ3) is 3.30. The minimum absolute atomic E-state index is 0.0305. The lowest BCUT2D eigenvalue weighted by Crippen LogP contribution is -2.30. The molecule has 0 aromatic heterocycles. The highest BCUT2D eigenvalue weighted by Gasteiger charge is 2.38. The van der Waals surface area contributed by atoms with E-state index in [1.54, 1.807) is 30.3 Å². The van der Waals surface area contributed by atoms with Crippen molar-refractivity contribution in [3.63, 3.8) is 0 Å². The maximum absolute atomic E-state index is 12.0. The summed E-state index contributed by atoms with van der Waals surface area (Å²) < 4.78 is 40.0. The maximum Gasteiger partial charge on any atom is 0.522 e. The van der Waals surface area contributed by atoms with Gasteiger partial charge in [-0.15, -0.1) is 13.2 Å². The van der Waals surface area contributed by atoms with Crippen molar-refractivity contribution in [3.05, 3.63) is 35.9 Å². The second-order valence-corrected chi connectivity index (χ2v) is 4.11. The molecule has 1 aromatic carbocycles. The van der Waals surface area contributed by atoms with Gasteiger partial charge in [0.15, 0.2) is 5.78 Å². The number of carbonyl (C=O) groups excluding carboxylic acids is 1. The van der Waals surface area contributed by atoms with Crippen LogP contribution in [0.1, 0.15) is 16.8 Å². The molecule has 2 atom stereocenters. The third-order valence-corrected chi connectivity index (χ3v) is 2.77. The predicted molar refractivity (Wildman–Crippen MR) is 58.1 cm³/mol. The molecule has 1 aliphatic heterocycles. The molecular formula is C12H12F3NO2. The lowest BCUT2D eigenvalue weighted by molar-refractivity contribution is -0.340. The second-order valence-electron chi connectivity index (χ2n) is 4.11. The van der Waals surface area contributed by atoms with E-state index in [0.29, 0.717) is 5.56 Å². The van der Waals surface area contributed by atoms with Crippen LogP contribution in [0.4, 0.5) is 13.2 Å². The molecule has 1 N–H and O–H groups in total. The van der Waals surface area contributed by atoms with Gasteiger partial charge in [-0.3, -0.25) is 9.53 Å². The fourth-order valence-electron chi connectivity index (χ4n) is 1.99. The summed E-state index contributed by atoms with van der Waals surface area (Å²) in [6.45, 7) is 0.0305. The van der Waals surface area contributed by atoms with Crippen LogP contribution in [0, 0.1) is 0 Å². The van der Waals surface area contributed by atoms with E-state index in [1.807, 2.05) is 0 Å². The number of nitrogens with one attached hydrogen (secondary N) is 1. The van der Waals surface area contributed by atoms with E-state index in [1.165, 1.54) is 0 Å². The van der Waals surface area contributed by atoms with Gasteiger partial charge in [0.2, 0.25) is 0 Å². The molecule has 6 heteroatoms. The van der Waals surface area contributed by atoms with Crippen LogP contribution in [0.15, 0.2) is 30.3 Å². The molecule has 0 amide bonds. The van der Waals surface area contributed by atoms with E-state index < -0.39 is 18.5 Å². The quantitative estimate of drug-likeness (QED) is 0.845. The Kier molecular flexibility index (Phi) is 3.68. The van der Waals surface area contributed by atoms with Crippen LogP contribution in [-0.2, 0) is 4.74 Å². The van der Waals surface area contributed by atoms with Gasteiger partial charge in [0.25, 0.3) is 0 Å². The zero-order valence-corrected chi connectivity index (χ0v) is 9.41. The van der Waals surface area contributed by atoms with Crippen LogP contribution in [-0.4, -0.2) is 30.8 Å². The third-order valence-electron chi connectivity index (χ3n) is 2.77. The van der Waals surface area contributed by atoms with E-state index >= 15 is 0 Å². The first-order valence-electron chi connectivity index (χ1n) is 5.53. The summed E-state index contributed by atoms with van der Waals surface area (Å²) in [5, 5.41) is 2.75. The molecule has 98 valence electrons. The standard InChI is InChI=1S/C12H12F3NO2/c13-12(14,15)18-9-6-10(16-7-9)11(17)8-4-2-1-3-5-8/h1-5,9-10,16H,6-7H2/t9-,10-/m0/s1. The zero-order chi connectivity index (χ0) is 13.2. The van der Waals surface area contributed by atoms with Crippen molar-refractivity contribution in [2.45, 2.75) is 24.9 Å². The first kappa shape index (κ1) is 13.0. The number of Topliss-reactive ketones (excluding diaryl/α,β-unsaturated/α-hetero) is 1. The Morgan fingerprint density at radius 3 is 2.56 bits per heavy atom. The number of carbonyl (C=O) groups is 1. The number of alkyl halides is 3. The van der Waals surface area contributed by atoms with Gasteiger partial charge in [0.05, 0.1) is 12.1 Å². The Bertz CT molecular complexity index is 419. The molecular weight excluding hydrogens is 247 g/mol. The van der Waals surface area contributed by atoms with Gasteiger partial charge in [-0.1, -0.05) is 30.3 Å². The average Bonchev–Trinajstić information content (AvgIpc) is 2.75. The topological polar surface area (TPSA) is 38.3 Å². The van der Waals surface area contributed by atoms with Crippen LogP contribution < -0.4 is 5.32 Å². The Morgan fingerprint density at radius 2 is 1.94 bits per heavy atom. The van der Waals surface area contributed by atoms with Crippen molar-refractivity contribution in [3.8, 4) is 0 Å². The molecule has 0 aliphatic carbocycles. The van der Waals surface area contributed by atoms with Crippen LogP contribution >= 0.6 is 0 Å². The summed E-state index contributed by atoms with van der Waals surface area (Å²) >= 11 is 0. The number of rotatable bonds is 3. The number of hydrogen-bond acceptors (Lipinski definition) is 3. The number of hydrogen-bond donors (Lipinski definition) is 1. The van der Waals surface area contributed by atoms with Crippen LogP contribution in [0.3, 0.4) is 0 Å². The molecule has 0 radical (unpaired) electrons. The molecule has 1 saturated heterocycles. The van der Waals surface area contributed by atoms with Crippen molar-refractivity contribution in [1.29, 1.82) is 0 Å². The Hall–Kier alpha value is -1.40. The van der Waals surface area contributed by atoms with Crippen molar-refractivity contribution < 1.29 is 22.7 Å². The van der Waals surface area contributed by atoms with E-state index in [9.17, 15) is 18.0 Å². The minimum atomic E-state index is -4.66. The van der Waals surface area contributed by atoms with Gasteiger partial charge >= 0.3 is 6.36 Å². The van der Waals surface area contributed by atoms with Crippen molar-refractivity contribution in [2.24, 2.45) is 0 Å². The lowest BCUT2D eigenvalue weighted by Gasteiger charge is -2.13. The van der Waals surface area contributed by atoms with E-state index in [2.05, 4.69) is 10.1 Å². The number of benzene rings is 1. The smallest absolute Gasteiger partial charge is 0.304 e. The van der Waals surface area contributed by atoms with Gasteiger partial charge in [-0.25, -0.2) is 0 Å². The van der Waals surface area contributed by atoms with Gasteiger partial charge in [0, 0.05) is 12.1 Å². The highest BCUT2D eigenvalue weighted by atomic mass is 19.4. The summed E-state index contributed by atoms with van der Waals surface area (Å²) in [6, 6.07) is 7.87. The van der Waals surface area contributed by atoms with Crippen LogP contribution in [0.2, 0.25) is 0 Å². The molecule has 0 unspecified atom stereocenters. The Labute approximate surface area is 102 Å². The van der Waals surface area contributed by atoms with E-state index in [0.717, 1.165) is 0 Å². The fraction of sp³-hybridized carbons (Fsp3) is 0.417. The van der Waals surface area contributed by atoms with Gasteiger partial charge < -0.3 is 5.32 Å². The molecule has 18 heavy (non-hydrogen) atoms. The van der Waals surface area contributed by atoms with Crippen LogP contribution in [0.5, 0.6) is 0 Å². The Morgan fingerprint density at radius 1 is 1.28 bits per heavy atom. The van der Waals surface area contributed by atoms with Crippen molar-refractivity contribution >= 4 is 5.78 Å². The van der Waals surface area contributed by atoms with E-state index in [4.69, 9.17) is 0 Å². The molecule has 1 aliphatic rings. The van der Waals surface area contributed by atoms with Crippen molar-refractivity contribution in [2.75, 3.05) is 6.54 Å². The monoisotopic (exact) mass is 259 g/mol. The molecule has 0 saturated carbocycles. The number of ether oxygens (including phenoxy) is 1. The summed E-state index contributed by atoms with van der Waals surface area (Å²) in [5.74, 6) is -0.205.